The van der Waals surface area contributed by atoms with Crippen molar-refractivity contribution < 1.29 is 9.53 Å². The average molecular weight is 369 g/mol. The third-order valence-electron chi connectivity index (χ3n) is 4.64. The van der Waals surface area contributed by atoms with Gasteiger partial charge in [-0.3, -0.25) is 0 Å². The van der Waals surface area contributed by atoms with E-state index in [-0.39, 0.29) is 12.6 Å². The zero-order chi connectivity index (χ0) is 18.2. The third-order valence-corrected chi connectivity index (χ3v) is 5.65. The smallest absolute Gasteiger partial charge is 0.339 e. The molecule has 130 valence electrons. The van der Waals surface area contributed by atoms with Gasteiger partial charge in [-0.1, -0.05) is 60.7 Å². The van der Waals surface area contributed by atoms with Crippen molar-refractivity contribution in [3.8, 4) is 0 Å². The minimum absolute atomic E-state index is 0.176. The molecule has 0 saturated heterocycles. The van der Waals surface area contributed by atoms with Gasteiger partial charge in [-0.2, -0.15) is 0 Å². The van der Waals surface area contributed by atoms with Crippen LogP contribution < -0.4 is 0 Å². The standard InChI is InChI=1S/C23H15NO2S/c25-23(26-14-21-24-19-11-5-6-12-20(19)27-21)22-17-9-3-1-7-15(17)13-16-8-2-4-10-18(16)22/h1-13H,14H2. The number of benzene rings is 4. The van der Waals surface area contributed by atoms with E-state index in [1.807, 2.05) is 72.8 Å². The first-order valence-electron chi connectivity index (χ1n) is 8.72. The molecule has 27 heavy (non-hydrogen) atoms. The number of esters is 1. The highest BCUT2D eigenvalue weighted by molar-refractivity contribution is 7.18. The lowest BCUT2D eigenvalue weighted by Gasteiger charge is -2.10. The molecule has 5 aromatic rings. The number of hydrogen-bond donors (Lipinski definition) is 0. The lowest BCUT2D eigenvalue weighted by atomic mass is 9.97. The van der Waals surface area contributed by atoms with Crippen molar-refractivity contribution in [2.24, 2.45) is 0 Å². The molecular weight excluding hydrogens is 354 g/mol. The molecule has 0 radical (unpaired) electrons. The predicted octanol–water partition coefficient (Wildman–Crippen LogP) is 5.96. The fourth-order valence-electron chi connectivity index (χ4n) is 3.41. The van der Waals surface area contributed by atoms with Gasteiger partial charge in [-0.15, -0.1) is 11.3 Å². The first-order chi connectivity index (χ1) is 13.3. The highest BCUT2D eigenvalue weighted by atomic mass is 32.1. The summed E-state index contributed by atoms with van der Waals surface area (Å²) in [5, 5.41) is 4.68. The van der Waals surface area contributed by atoms with E-state index in [9.17, 15) is 4.79 Å². The number of thiazole rings is 1. The van der Waals surface area contributed by atoms with Crippen molar-refractivity contribution in [3.63, 3.8) is 0 Å². The Morgan fingerprint density at radius 2 is 1.48 bits per heavy atom. The van der Waals surface area contributed by atoms with Crippen LogP contribution >= 0.6 is 11.3 Å². The molecule has 0 atom stereocenters. The van der Waals surface area contributed by atoms with E-state index >= 15 is 0 Å². The number of carbonyl (C=O) groups excluding carboxylic acids is 1. The van der Waals surface area contributed by atoms with Crippen LogP contribution in [0.5, 0.6) is 0 Å². The molecule has 4 aromatic carbocycles. The molecule has 5 rings (SSSR count). The summed E-state index contributed by atoms with van der Waals surface area (Å²) in [4.78, 5) is 17.6. The van der Waals surface area contributed by atoms with Gasteiger partial charge < -0.3 is 4.74 Å². The van der Waals surface area contributed by atoms with Gasteiger partial charge in [0, 0.05) is 0 Å². The van der Waals surface area contributed by atoms with Crippen molar-refractivity contribution in [1.29, 1.82) is 0 Å². The number of hydrogen-bond acceptors (Lipinski definition) is 4. The van der Waals surface area contributed by atoms with Crippen LogP contribution in [0.4, 0.5) is 0 Å². The SMILES string of the molecule is O=C(OCc1nc2ccccc2s1)c1c2ccccc2cc2ccccc12. The maximum Gasteiger partial charge on any atom is 0.339 e. The van der Waals surface area contributed by atoms with E-state index in [2.05, 4.69) is 11.1 Å². The number of ether oxygens (including phenoxy) is 1. The van der Waals surface area contributed by atoms with Gasteiger partial charge in [0.1, 0.15) is 11.6 Å². The summed E-state index contributed by atoms with van der Waals surface area (Å²) < 4.78 is 6.77. The Labute approximate surface area is 159 Å². The quantitative estimate of drug-likeness (QED) is 0.291. The molecule has 0 N–H and O–H groups in total. The fraction of sp³-hybridized carbons (Fsp3) is 0.0435. The highest BCUT2D eigenvalue weighted by Gasteiger charge is 2.17. The van der Waals surface area contributed by atoms with E-state index < -0.39 is 0 Å². The van der Waals surface area contributed by atoms with Gasteiger partial charge in [0.2, 0.25) is 0 Å². The molecule has 3 nitrogen and oxygen atoms in total. The Morgan fingerprint density at radius 3 is 2.19 bits per heavy atom. The number of carbonyl (C=O) groups is 1. The molecule has 0 aliphatic heterocycles. The summed E-state index contributed by atoms with van der Waals surface area (Å²) in [5.74, 6) is -0.317. The summed E-state index contributed by atoms with van der Waals surface area (Å²) in [5.41, 5.74) is 1.55. The highest BCUT2D eigenvalue weighted by Crippen LogP contribution is 2.29. The number of aromatic nitrogens is 1. The van der Waals surface area contributed by atoms with Gasteiger partial charge in [0.05, 0.1) is 15.8 Å². The zero-order valence-electron chi connectivity index (χ0n) is 14.4. The molecule has 0 amide bonds. The van der Waals surface area contributed by atoms with Gasteiger partial charge in [0.15, 0.2) is 0 Å². The first-order valence-corrected chi connectivity index (χ1v) is 9.53. The molecule has 0 spiro atoms. The molecule has 0 fully saturated rings. The minimum Gasteiger partial charge on any atom is -0.455 e. The minimum atomic E-state index is -0.317. The normalized spacial score (nSPS) is 11.3. The van der Waals surface area contributed by atoms with Crippen molar-refractivity contribution in [2.45, 2.75) is 6.61 Å². The molecule has 0 aliphatic rings. The third kappa shape index (κ3) is 2.84. The fourth-order valence-corrected chi connectivity index (χ4v) is 4.30. The summed E-state index contributed by atoms with van der Waals surface area (Å²) >= 11 is 1.55. The Morgan fingerprint density at radius 1 is 0.852 bits per heavy atom. The Bertz CT molecular complexity index is 1220. The van der Waals surface area contributed by atoms with Gasteiger partial charge in [-0.25, -0.2) is 9.78 Å². The summed E-state index contributed by atoms with van der Waals surface area (Å²) in [6.07, 6.45) is 0. The van der Waals surface area contributed by atoms with Crippen LogP contribution in [0.15, 0.2) is 78.9 Å². The zero-order valence-corrected chi connectivity index (χ0v) is 15.2. The van der Waals surface area contributed by atoms with Crippen molar-refractivity contribution >= 4 is 49.1 Å². The molecule has 0 bridgehead atoms. The van der Waals surface area contributed by atoms with E-state index in [0.29, 0.717) is 5.56 Å². The van der Waals surface area contributed by atoms with Crippen LogP contribution in [-0.4, -0.2) is 11.0 Å². The summed E-state index contributed by atoms with van der Waals surface area (Å²) in [6.45, 7) is 0.176. The van der Waals surface area contributed by atoms with Gasteiger partial charge in [0.25, 0.3) is 0 Å². The van der Waals surface area contributed by atoms with Crippen molar-refractivity contribution in [3.05, 3.63) is 89.4 Å². The Balaban J connectivity index is 1.54. The van der Waals surface area contributed by atoms with E-state index in [1.165, 1.54) is 0 Å². The number of para-hydroxylation sites is 1. The van der Waals surface area contributed by atoms with Crippen molar-refractivity contribution in [2.75, 3.05) is 0 Å². The van der Waals surface area contributed by atoms with Crippen LogP contribution in [0.3, 0.4) is 0 Å². The monoisotopic (exact) mass is 369 g/mol. The topological polar surface area (TPSA) is 39.2 Å². The van der Waals surface area contributed by atoms with Crippen LogP contribution in [0.25, 0.3) is 31.8 Å². The predicted molar refractivity (Wildman–Crippen MR) is 110 cm³/mol. The molecule has 0 saturated carbocycles. The number of nitrogens with zero attached hydrogens (tertiary/aromatic N) is 1. The Kier molecular flexibility index (Phi) is 3.84. The second kappa shape index (κ2) is 6.49. The maximum absolute atomic E-state index is 13.0. The molecular formula is C23H15NO2S. The van der Waals surface area contributed by atoms with Crippen LogP contribution in [0, 0.1) is 0 Å². The van der Waals surface area contributed by atoms with Gasteiger partial charge >= 0.3 is 5.97 Å². The molecule has 0 unspecified atom stereocenters. The number of fused-ring (bicyclic) bond motifs is 3. The lowest BCUT2D eigenvalue weighted by molar-refractivity contribution is 0.0477. The largest absolute Gasteiger partial charge is 0.455 e. The maximum atomic E-state index is 13.0. The molecule has 1 aromatic heterocycles. The van der Waals surface area contributed by atoms with E-state index in [1.54, 1.807) is 11.3 Å². The molecule has 1 heterocycles. The second-order valence-electron chi connectivity index (χ2n) is 6.35. The molecule has 4 heteroatoms. The average Bonchev–Trinajstić information content (AvgIpc) is 3.13. The Hall–Kier alpha value is -3.24. The van der Waals surface area contributed by atoms with Gasteiger partial charge in [-0.05, 0) is 39.7 Å². The number of rotatable bonds is 3. The van der Waals surface area contributed by atoms with Crippen LogP contribution in [-0.2, 0) is 11.3 Å². The van der Waals surface area contributed by atoms with Crippen molar-refractivity contribution in [1.82, 2.24) is 4.98 Å². The summed E-state index contributed by atoms with van der Waals surface area (Å²) in [7, 11) is 0. The van der Waals surface area contributed by atoms with Crippen LogP contribution in [0.2, 0.25) is 0 Å². The van der Waals surface area contributed by atoms with Crippen LogP contribution in [0.1, 0.15) is 15.4 Å². The summed E-state index contributed by atoms with van der Waals surface area (Å²) in [6, 6.07) is 25.9. The first kappa shape index (κ1) is 16.0. The van der Waals surface area contributed by atoms with E-state index in [0.717, 1.165) is 36.8 Å². The lowest BCUT2D eigenvalue weighted by Crippen LogP contribution is -2.07. The van der Waals surface area contributed by atoms with E-state index in [4.69, 9.17) is 4.74 Å². The second-order valence-corrected chi connectivity index (χ2v) is 7.46. The molecule has 0 aliphatic carbocycles.